The summed E-state index contributed by atoms with van der Waals surface area (Å²) in [7, 11) is 0. The van der Waals surface area contributed by atoms with Crippen LogP contribution >= 0.6 is 0 Å². The minimum absolute atomic E-state index is 0.164. The molecule has 0 saturated carbocycles. The molecule has 0 heterocycles. The van der Waals surface area contributed by atoms with Crippen LogP contribution in [0.2, 0.25) is 0 Å². The lowest BCUT2D eigenvalue weighted by atomic mass is 10.4. The molecule has 8 N–H and O–H groups in total. The van der Waals surface area contributed by atoms with Gasteiger partial charge in [0.25, 0.3) is 17.9 Å². The predicted octanol–water partition coefficient (Wildman–Crippen LogP) is -1.91. The Labute approximate surface area is 148 Å². The van der Waals surface area contributed by atoms with E-state index >= 15 is 0 Å². The average molecular weight is 371 g/mol. The molecule has 0 aromatic heterocycles. The van der Waals surface area contributed by atoms with Gasteiger partial charge in [0.15, 0.2) is 0 Å². The Bertz CT molecular complexity index is 270. The van der Waals surface area contributed by atoms with Crippen LogP contribution in [0.5, 0.6) is 0 Å². The van der Waals surface area contributed by atoms with Crippen LogP contribution in [0, 0.1) is 0 Å². The molecule has 0 saturated heterocycles. The van der Waals surface area contributed by atoms with Gasteiger partial charge in [-0.3, -0.25) is 19.3 Å². The number of nitrogens with two attached hydrogens (primary N) is 1. The summed E-state index contributed by atoms with van der Waals surface area (Å²) in [5.41, 5.74) is 5.41. The van der Waals surface area contributed by atoms with Gasteiger partial charge in [-0.15, -0.1) is 0 Å². The fraction of sp³-hybridized carbons (Fsp3) is 0.786. The molecule has 0 radical (unpaired) electrons. The molecule has 0 aromatic rings. The summed E-state index contributed by atoms with van der Waals surface area (Å²) in [5, 5.41) is 42.5. The number of carboxylic acid groups (broad SMARTS) is 3. The van der Waals surface area contributed by atoms with E-state index in [-0.39, 0.29) is 13.2 Å². The van der Waals surface area contributed by atoms with Crippen LogP contribution in [0.4, 0.5) is 0 Å². The van der Waals surface area contributed by atoms with Gasteiger partial charge < -0.3 is 36.6 Å². The summed E-state index contributed by atoms with van der Waals surface area (Å²) < 4.78 is 0. The molecule has 0 aliphatic carbocycles. The Morgan fingerprint density at radius 3 is 1.48 bits per heavy atom. The first-order valence-electron chi connectivity index (χ1n) is 7.48. The number of nitrogens with zero attached hydrogens (tertiary/aromatic N) is 1. The molecule has 0 spiro atoms. The van der Waals surface area contributed by atoms with Gasteiger partial charge in [0.05, 0.1) is 13.2 Å². The number of aliphatic hydroxyl groups is 2. The summed E-state index contributed by atoms with van der Waals surface area (Å²) in [6, 6.07) is 0. The maximum atomic E-state index is 9.00. The van der Waals surface area contributed by atoms with E-state index in [9.17, 15) is 0 Å². The standard InChI is InChI=1S/C8H21N3O2.3C2H4O2/c9-1-4-11(6-8-13)5-2-10-3-7-12;3*1-2(3)4/h10,12-13H,1-9H2;3*1H3,(H,3,4). The molecule has 0 aromatic carbocycles. The Morgan fingerprint density at radius 1 is 0.800 bits per heavy atom. The van der Waals surface area contributed by atoms with Crippen LogP contribution in [-0.4, -0.2) is 101 Å². The smallest absolute Gasteiger partial charge is 0.300 e. The highest BCUT2D eigenvalue weighted by molar-refractivity contribution is 5.63. The highest BCUT2D eigenvalue weighted by atomic mass is 16.4. The number of nitrogens with one attached hydrogen (secondary N) is 1. The average Bonchev–Trinajstić information content (AvgIpc) is 2.42. The zero-order valence-electron chi connectivity index (χ0n) is 15.1. The number of aliphatic carboxylic acids is 3. The van der Waals surface area contributed by atoms with Crippen LogP contribution in [-0.2, 0) is 14.4 Å². The van der Waals surface area contributed by atoms with Crippen LogP contribution in [0.15, 0.2) is 0 Å². The molecule has 152 valence electrons. The molecule has 0 fully saturated rings. The highest BCUT2D eigenvalue weighted by Crippen LogP contribution is 1.84. The molecule has 0 rings (SSSR count). The number of rotatable bonds is 9. The van der Waals surface area contributed by atoms with E-state index in [1.807, 2.05) is 0 Å². The molecule has 0 atom stereocenters. The lowest BCUT2D eigenvalue weighted by Gasteiger charge is -2.20. The first-order valence-corrected chi connectivity index (χ1v) is 7.48. The molecule has 11 nitrogen and oxygen atoms in total. The third kappa shape index (κ3) is 87.0. The van der Waals surface area contributed by atoms with E-state index in [2.05, 4.69) is 10.2 Å². The van der Waals surface area contributed by atoms with E-state index in [1.54, 1.807) is 0 Å². The first-order chi connectivity index (χ1) is 11.5. The van der Waals surface area contributed by atoms with Crippen molar-refractivity contribution in [3.05, 3.63) is 0 Å². The van der Waals surface area contributed by atoms with E-state index in [0.717, 1.165) is 40.4 Å². The van der Waals surface area contributed by atoms with Crippen molar-refractivity contribution in [3.63, 3.8) is 0 Å². The minimum atomic E-state index is -0.833. The van der Waals surface area contributed by atoms with Gasteiger partial charge >= 0.3 is 0 Å². The Kier molecular flexibility index (Phi) is 33.6. The van der Waals surface area contributed by atoms with Crippen molar-refractivity contribution in [1.29, 1.82) is 0 Å². The molecule has 0 amide bonds. The monoisotopic (exact) mass is 371 g/mol. The first kappa shape index (κ1) is 31.0. The summed E-state index contributed by atoms with van der Waals surface area (Å²) in [6.07, 6.45) is 0. The number of aliphatic hydroxyl groups excluding tert-OH is 2. The fourth-order valence-electron chi connectivity index (χ4n) is 1.10. The number of hydrogen-bond donors (Lipinski definition) is 7. The quantitative estimate of drug-likeness (QED) is 0.224. The van der Waals surface area contributed by atoms with Crippen molar-refractivity contribution in [2.75, 3.05) is 52.5 Å². The normalized spacial score (nSPS) is 8.76. The van der Waals surface area contributed by atoms with Crippen molar-refractivity contribution in [2.24, 2.45) is 5.73 Å². The molecular weight excluding hydrogens is 338 g/mol. The van der Waals surface area contributed by atoms with Crippen LogP contribution in [0.3, 0.4) is 0 Å². The van der Waals surface area contributed by atoms with Crippen LogP contribution in [0.25, 0.3) is 0 Å². The van der Waals surface area contributed by atoms with Crippen molar-refractivity contribution in [3.8, 4) is 0 Å². The fourth-order valence-corrected chi connectivity index (χ4v) is 1.10. The van der Waals surface area contributed by atoms with E-state index in [0.29, 0.717) is 19.6 Å². The topological polar surface area (TPSA) is 194 Å². The summed E-state index contributed by atoms with van der Waals surface area (Å²) in [5.74, 6) is -2.50. The second kappa shape index (κ2) is 27.1. The van der Waals surface area contributed by atoms with Gasteiger partial charge in [-0.1, -0.05) is 0 Å². The zero-order chi connectivity index (χ0) is 20.7. The van der Waals surface area contributed by atoms with Crippen molar-refractivity contribution in [1.82, 2.24) is 10.2 Å². The summed E-state index contributed by atoms with van der Waals surface area (Å²) in [4.78, 5) is 29.1. The summed E-state index contributed by atoms with van der Waals surface area (Å²) in [6.45, 7) is 7.96. The highest BCUT2D eigenvalue weighted by Gasteiger charge is 2.01. The maximum Gasteiger partial charge on any atom is 0.300 e. The molecule has 11 heteroatoms. The molecule has 0 aliphatic heterocycles. The van der Waals surface area contributed by atoms with Gasteiger partial charge in [-0.2, -0.15) is 0 Å². The Morgan fingerprint density at radius 2 is 1.20 bits per heavy atom. The van der Waals surface area contributed by atoms with Gasteiger partial charge in [-0.25, -0.2) is 0 Å². The van der Waals surface area contributed by atoms with Crippen molar-refractivity contribution in [2.45, 2.75) is 20.8 Å². The van der Waals surface area contributed by atoms with E-state index in [1.165, 1.54) is 0 Å². The predicted molar refractivity (Wildman–Crippen MR) is 92.5 cm³/mol. The van der Waals surface area contributed by atoms with E-state index < -0.39 is 17.9 Å². The van der Waals surface area contributed by atoms with Gasteiger partial charge in [0.2, 0.25) is 0 Å². The zero-order valence-corrected chi connectivity index (χ0v) is 15.1. The molecular formula is C14H33N3O8. The third-order valence-electron chi connectivity index (χ3n) is 1.75. The molecule has 25 heavy (non-hydrogen) atoms. The largest absolute Gasteiger partial charge is 0.481 e. The van der Waals surface area contributed by atoms with Gasteiger partial charge in [-0.05, 0) is 0 Å². The number of carboxylic acids is 3. The number of hydrogen-bond acceptors (Lipinski definition) is 8. The lowest BCUT2D eigenvalue weighted by molar-refractivity contribution is -0.135. The SMILES string of the molecule is CC(=O)O.CC(=O)O.CC(=O)O.NCCN(CCO)CCNCCO. The van der Waals surface area contributed by atoms with Gasteiger partial charge in [0.1, 0.15) is 0 Å². The van der Waals surface area contributed by atoms with Gasteiger partial charge in [0, 0.05) is 60.0 Å². The molecule has 0 bridgehead atoms. The minimum Gasteiger partial charge on any atom is -0.481 e. The van der Waals surface area contributed by atoms with Crippen LogP contribution in [0.1, 0.15) is 20.8 Å². The lowest BCUT2D eigenvalue weighted by Crippen LogP contribution is -2.37. The second-order valence-electron chi connectivity index (χ2n) is 4.38. The second-order valence-corrected chi connectivity index (χ2v) is 4.38. The van der Waals surface area contributed by atoms with E-state index in [4.69, 9.17) is 45.6 Å². The Hall–Kier alpha value is -1.79. The van der Waals surface area contributed by atoms with Crippen molar-refractivity contribution >= 4 is 17.9 Å². The molecule has 0 unspecified atom stereocenters. The third-order valence-corrected chi connectivity index (χ3v) is 1.75. The number of carbonyl (C=O) groups is 3. The van der Waals surface area contributed by atoms with Crippen LogP contribution < -0.4 is 11.1 Å². The molecule has 0 aliphatic rings. The Balaban J connectivity index is -0.000000150. The maximum absolute atomic E-state index is 9.00. The van der Waals surface area contributed by atoms with Crippen molar-refractivity contribution < 1.29 is 39.9 Å². The summed E-state index contributed by atoms with van der Waals surface area (Å²) >= 11 is 0.